The average Bonchev–Trinajstić information content (AvgIpc) is 2.76. The van der Waals surface area contributed by atoms with Crippen LogP contribution in [0.15, 0.2) is 36.4 Å². The van der Waals surface area contributed by atoms with E-state index in [1.54, 1.807) is 0 Å². The van der Waals surface area contributed by atoms with E-state index in [1.807, 2.05) is 12.1 Å². The van der Waals surface area contributed by atoms with E-state index >= 15 is 0 Å². The van der Waals surface area contributed by atoms with Gasteiger partial charge in [-0.05, 0) is 80.0 Å². The quantitative estimate of drug-likeness (QED) is 0.448. The number of anilines is 2. The smallest absolute Gasteiger partial charge is 0.490 e. The number of carboxylic acids is 1. The maximum absolute atomic E-state index is 10.8. The lowest BCUT2D eigenvalue weighted by atomic mass is 9.53. The van der Waals surface area contributed by atoms with E-state index in [4.69, 9.17) is 9.90 Å². The van der Waals surface area contributed by atoms with Gasteiger partial charge in [0.05, 0.1) is 5.69 Å². The fourth-order valence-corrected chi connectivity index (χ4v) is 5.93. The molecule has 2 bridgehead atoms. The summed E-state index contributed by atoms with van der Waals surface area (Å²) in [6.45, 7) is 3.21. The number of aromatic hydroxyl groups is 1. The Morgan fingerprint density at radius 2 is 1.88 bits per heavy atom. The van der Waals surface area contributed by atoms with Crippen molar-refractivity contribution in [1.29, 1.82) is 0 Å². The number of aliphatic carboxylic acids is 1. The van der Waals surface area contributed by atoms with E-state index in [0.717, 1.165) is 30.3 Å². The van der Waals surface area contributed by atoms with Crippen molar-refractivity contribution in [1.82, 2.24) is 5.32 Å². The molecule has 3 atom stereocenters. The van der Waals surface area contributed by atoms with Gasteiger partial charge in [-0.1, -0.05) is 31.0 Å². The molecule has 33 heavy (non-hydrogen) atoms. The van der Waals surface area contributed by atoms with Crippen LogP contribution in [0.2, 0.25) is 0 Å². The number of hydrogen-bond acceptors (Lipinski definition) is 4. The molecule has 0 unspecified atom stereocenters. The Kier molecular flexibility index (Phi) is 6.31. The molecule has 1 aliphatic heterocycles. The zero-order valence-electron chi connectivity index (χ0n) is 18.5. The number of carbonyl (C=O) groups is 1. The third kappa shape index (κ3) is 4.53. The van der Waals surface area contributed by atoms with Crippen molar-refractivity contribution < 1.29 is 28.2 Å². The van der Waals surface area contributed by atoms with Gasteiger partial charge in [-0.25, -0.2) is 4.79 Å². The number of phenols is 1. The van der Waals surface area contributed by atoms with Crippen LogP contribution in [0.1, 0.15) is 48.8 Å². The molecule has 178 valence electrons. The molecule has 3 aliphatic rings. The summed E-state index contributed by atoms with van der Waals surface area (Å²) in [6.07, 6.45) is 2.52. The lowest BCUT2D eigenvalue weighted by Gasteiger charge is -2.56. The molecule has 8 heteroatoms. The number of hydrogen-bond donors (Lipinski definition) is 4. The minimum Gasteiger partial charge on any atom is -0.506 e. The van der Waals surface area contributed by atoms with Gasteiger partial charge >= 0.3 is 12.1 Å². The van der Waals surface area contributed by atoms with Gasteiger partial charge in [-0.3, -0.25) is 0 Å². The maximum Gasteiger partial charge on any atom is 0.490 e. The predicted molar refractivity (Wildman–Crippen MR) is 120 cm³/mol. The van der Waals surface area contributed by atoms with Crippen LogP contribution in [0.25, 0.3) is 0 Å². The lowest BCUT2D eigenvalue weighted by molar-refractivity contribution is -0.192. The fraction of sp³-hybridized carbons (Fsp3) is 0.480. The normalized spacial score (nSPS) is 25.7. The van der Waals surface area contributed by atoms with Gasteiger partial charge in [0.15, 0.2) is 0 Å². The number of alkyl halides is 3. The summed E-state index contributed by atoms with van der Waals surface area (Å²) in [6, 6.07) is 13.2. The molecular formula is C25H29F3N2O3. The molecule has 0 spiro atoms. The molecule has 0 radical (unpaired) electrons. The summed E-state index contributed by atoms with van der Waals surface area (Å²) < 4.78 is 31.7. The molecule has 5 nitrogen and oxygen atoms in total. The highest BCUT2D eigenvalue weighted by atomic mass is 19.4. The minimum atomic E-state index is -5.08. The van der Waals surface area contributed by atoms with E-state index in [1.165, 1.54) is 48.8 Å². The van der Waals surface area contributed by atoms with Crippen LogP contribution in [-0.2, 0) is 16.6 Å². The van der Waals surface area contributed by atoms with E-state index in [9.17, 15) is 18.3 Å². The Morgan fingerprint density at radius 1 is 1.15 bits per heavy atom. The molecule has 2 aliphatic carbocycles. The van der Waals surface area contributed by atoms with E-state index in [2.05, 4.69) is 41.8 Å². The highest BCUT2D eigenvalue weighted by molar-refractivity contribution is 5.73. The molecular weight excluding hydrogens is 433 g/mol. The fourth-order valence-electron chi connectivity index (χ4n) is 5.93. The van der Waals surface area contributed by atoms with Gasteiger partial charge in [0.25, 0.3) is 0 Å². The van der Waals surface area contributed by atoms with Crippen LogP contribution < -0.4 is 10.6 Å². The van der Waals surface area contributed by atoms with Crippen molar-refractivity contribution in [3.63, 3.8) is 0 Å². The van der Waals surface area contributed by atoms with Gasteiger partial charge in [0.2, 0.25) is 0 Å². The second-order valence-electron chi connectivity index (χ2n) is 9.29. The Hall–Kier alpha value is -2.74. The van der Waals surface area contributed by atoms with Gasteiger partial charge in [-0.2, -0.15) is 13.2 Å². The molecule has 5 rings (SSSR count). The van der Waals surface area contributed by atoms with Crippen molar-refractivity contribution in [2.75, 3.05) is 11.9 Å². The van der Waals surface area contributed by atoms with Crippen LogP contribution in [0, 0.1) is 12.8 Å². The first-order chi connectivity index (χ1) is 15.6. The van der Waals surface area contributed by atoms with E-state index in [-0.39, 0.29) is 0 Å². The first-order valence-corrected chi connectivity index (χ1v) is 11.3. The Balaban J connectivity index is 0.000000325. The molecule has 0 aromatic heterocycles. The molecule has 1 saturated carbocycles. The molecule has 2 fully saturated rings. The summed E-state index contributed by atoms with van der Waals surface area (Å²) in [4.78, 5) is 8.90. The monoisotopic (exact) mass is 462 g/mol. The Bertz CT molecular complexity index is 1040. The zero-order valence-corrected chi connectivity index (χ0v) is 18.5. The summed E-state index contributed by atoms with van der Waals surface area (Å²) in [5.74, 6) is -1.62. The molecule has 1 saturated heterocycles. The summed E-state index contributed by atoms with van der Waals surface area (Å²) in [5, 5.41) is 25.2. The number of aryl methyl sites for hydroxylation is 1. The topological polar surface area (TPSA) is 81.6 Å². The van der Waals surface area contributed by atoms with Gasteiger partial charge < -0.3 is 20.8 Å². The number of benzene rings is 2. The molecule has 0 amide bonds. The van der Waals surface area contributed by atoms with Crippen LogP contribution >= 0.6 is 0 Å². The lowest BCUT2D eigenvalue weighted by Crippen LogP contribution is -2.59. The number of phenolic OH excluding ortho intramolecular Hbond substituents is 1. The second-order valence-corrected chi connectivity index (χ2v) is 9.29. The third-order valence-electron chi connectivity index (χ3n) is 7.42. The predicted octanol–water partition coefficient (Wildman–Crippen LogP) is 5.42. The van der Waals surface area contributed by atoms with Gasteiger partial charge in [-0.15, -0.1) is 0 Å². The van der Waals surface area contributed by atoms with Crippen molar-refractivity contribution in [3.8, 4) is 5.75 Å². The number of halogens is 3. The number of carboxylic acid groups (broad SMARTS) is 1. The van der Waals surface area contributed by atoms with Gasteiger partial charge in [0, 0.05) is 17.1 Å². The van der Waals surface area contributed by atoms with Crippen molar-refractivity contribution in [3.05, 3.63) is 53.1 Å². The summed E-state index contributed by atoms with van der Waals surface area (Å²) in [7, 11) is 0. The second kappa shape index (κ2) is 8.89. The molecule has 2 aromatic rings. The van der Waals surface area contributed by atoms with Crippen LogP contribution in [0.5, 0.6) is 5.75 Å². The maximum atomic E-state index is 10.8. The molecule has 4 N–H and O–H groups in total. The first-order valence-electron chi connectivity index (χ1n) is 11.3. The highest BCUT2D eigenvalue weighted by Crippen LogP contribution is 2.55. The number of fused-ring (bicyclic) bond motifs is 1. The summed E-state index contributed by atoms with van der Waals surface area (Å²) in [5.41, 5.74) is 6.24. The van der Waals surface area contributed by atoms with Crippen molar-refractivity contribution >= 4 is 17.3 Å². The van der Waals surface area contributed by atoms with Gasteiger partial charge in [0.1, 0.15) is 5.75 Å². The van der Waals surface area contributed by atoms with Crippen LogP contribution in [-0.4, -0.2) is 34.9 Å². The number of para-hydroxylation sites is 1. The third-order valence-corrected chi connectivity index (χ3v) is 7.42. The van der Waals surface area contributed by atoms with Crippen molar-refractivity contribution in [2.24, 2.45) is 5.92 Å². The number of piperidine rings is 1. The Morgan fingerprint density at radius 3 is 2.58 bits per heavy atom. The minimum absolute atomic E-state index is 0.292. The first kappa shape index (κ1) is 23.4. The standard InChI is InChI=1S/C23H28N2O.C2HF3O2/c1-15-6-2-3-8-19(15)25-21-13-16-12-20-17-7-4-5-9-23(17,10-11-24-20)18(16)14-22(21)26;3-2(4,5)1(6)7/h2-3,6,8,13-14,17,20,24-26H,4-5,7,9-12H2,1H3;(H,6,7)/t17-,20+,23+;/m1./s1. The average molecular weight is 463 g/mol. The SMILES string of the molecule is Cc1ccccc1Nc1cc2c(cc1O)[C@]13CCCC[C@@H]1[C@H](C2)NCC3.O=C(O)C(F)(F)F. The van der Waals surface area contributed by atoms with Crippen LogP contribution in [0.3, 0.4) is 0 Å². The molecule has 1 heterocycles. The largest absolute Gasteiger partial charge is 0.506 e. The van der Waals surface area contributed by atoms with Crippen LogP contribution in [0.4, 0.5) is 24.5 Å². The number of rotatable bonds is 2. The summed E-state index contributed by atoms with van der Waals surface area (Å²) >= 11 is 0. The zero-order chi connectivity index (χ0) is 23.8. The Labute approximate surface area is 191 Å². The number of nitrogens with one attached hydrogen (secondary N) is 2. The van der Waals surface area contributed by atoms with Crippen molar-refractivity contribution in [2.45, 2.75) is 63.1 Å². The highest BCUT2D eigenvalue weighted by Gasteiger charge is 2.51. The van der Waals surface area contributed by atoms with E-state index < -0.39 is 12.1 Å². The molecule has 2 aromatic carbocycles. The van der Waals surface area contributed by atoms with E-state index in [0.29, 0.717) is 17.2 Å².